The molecular weight excluding hydrogens is 372 g/mol. The highest BCUT2D eigenvalue weighted by molar-refractivity contribution is 7.89. The molecule has 0 atom stereocenters. The van der Waals surface area contributed by atoms with E-state index in [1.807, 2.05) is 6.07 Å². The van der Waals surface area contributed by atoms with Crippen molar-refractivity contribution in [1.29, 1.82) is 5.26 Å². The second-order valence-electron chi connectivity index (χ2n) is 5.62. The minimum absolute atomic E-state index is 0.0952. The lowest BCUT2D eigenvalue weighted by Crippen LogP contribution is -2.30. The van der Waals surface area contributed by atoms with Crippen LogP contribution in [0.4, 0.5) is 0 Å². The fraction of sp³-hybridized carbons (Fsp3) is 0.105. The van der Waals surface area contributed by atoms with Gasteiger partial charge in [0.05, 0.1) is 29.3 Å². The van der Waals surface area contributed by atoms with E-state index in [0.717, 1.165) is 5.56 Å². The topological polar surface area (TPSA) is 74.3 Å². The molecule has 0 N–H and O–H groups in total. The molecule has 0 spiro atoms. The molecule has 0 fully saturated rings. The quantitative estimate of drug-likeness (QED) is 0.636. The first-order chi connectivity index (χ1) is 12.5. The van der Waals surface area contributed by atoms with Crippen molar-refractivity contribution in [2.24, 2.45) is 0 Å². The van der Waals surface area contributed by atoms with Crippen molar-refractivity contribution >= 4 is 21.6 Å². The van der Waals surface area contributed by atoms with Crippen molar-refractivity contribution < 1.29 is 12.8 Å². The smallest absolute Gasteiger partial charge is 0.243 e. The van der Waals surface area contributed by atoms with Crippen molar-refractivity contribution in [2.75, 3.05) is 0 Å². The lowest BCUT2D eigenvalue weighted by molar-refractivity contribution is 0.358. The average molecular weight is 387 g/mol. The summed E-state index contributed by atoms with van der Waals surface area (Å²) in [5.74, 6) is 0.538. The molecule has 7 heteroatoms. The van der Waals surface area contributed by atoms with Gasteiger partial charge in [0.15, 0.2) is 0 Å². The van der Waals surface area contributed by atoms with Crippen molar-refractivity contribution in [3.8, 4) is 6.07 Å². The van der Waals surface area contributed by atoms with Crippen molar-refractivity contribution in [3.63, 3.8) is 0 Å². The van der Waals surface area contributed by atoms with Crippen LogP contribution in [0.3, 0.4) is 0 Å². The molecule has 3 rings (SSSR count). The van der Waals surface area contributed by atoms with Crippen LogP contribution in [0.15, 0.2) is 76.2 Å². The van der Waals surface area contributed by atoms with Crippen LogP contribution in [0.25, 0.3) is 0 Å². The highest BCUT2D eigenvalue weighted by Gasteiger charge is 2.25. The number of nitrogens with zero attached hydrogens (tertiary/aromatic N) is 2. The molecule has 0 unspecified atom stereocenters. The Hall–Kier alpha value is -2.59. The molecule has 5 nitrogen and oxygen atoms in total. The summed E-state index contributed by atoms with van der Waals surface area (Å²) in [5.41, 5.74) is 1.29. The van der Waals surface area contributed by atoms with Crippen LogP contribution in [0.5, 0.6) is 0 Å². The average Bonchev–Trinajstić information content (AvgIpc) is 3.15. The Bertz CT molecular complexity index is 1010. The van der Waals surface area contributed by atoms with Crippen molar-refractivity contribution in [3.05, 3.63) is 88.8 Å². The molecule has 0 amide bonds. The molecule has 0 aliphatic rings. The highest BCUT2D eigenvalue weighted by atomic mass is 35.5. The molecule has 0 saturated carbocycles. The van der Waals surface area contributed by atoms with Crippen LogP contribution in [-0.2, 0) is 23.1 Å². The Kier molecular flexibility index (Phi) is 5.43. The first-order valence-electron chi connectivity index (χ1n) is 7.76. The maximum absolute atomic E-state index is 13.1. The van der Waals surface area contributed by atoms with Crippen LogP contribution in [-0.4, -0.2) is 12.7 Å². The molecule has 1 heterocycles. The largest absolute Gasteiger partial charge is 0.468 e. The monoisotopic (exact) mass is 386 g/mol. The third kappa shape index (κ3) is 4.14. The van der Waals surface area contributed by atoms with Crippen LogP contribution in [0.2, 0.25) is 5.02 Å². The SMILES string of the molecule is N#Cc1ccc(CN(Cc2ccco2)S(=O)(=O)c2ccc(Cl)cc2)cc1. The molecule has 0 aliphatic heterocycles. The molecule has 0 aliphatic carbocycles. The normalized spacial score (nSPS) is 11.4. The molecule has 3 aromatic rings. The fourth-order valence-electron chi connectivity index (χ4n) is 2.45. The van der Waals surface area contributed by atoms with Gasteiger partial charge in [0.2, 0.25) is 10.0 Å². The fourth-order valence-corrected chi connectivity index (χ4v) is 3.97. The second-order valence-corrected chi connectivity index (χ2v) is 7.99. The lowest BCUT2D eigenvalue weighted by Gasteiger charge is -2.21. The number of hydrogen-bond donors (Lipinski definition) is 0. The molecule has 0 radical (unpaired) electrons. The first kappa shape index (κ1) is 18.2. The van der Waals surface area contributed by atoms with Gasteiger partial charge in [-0.1, -0.05) is 23.7 Å². The van der Waals surface area contributed by atoms with E-state index in [4.69, 9.17) is 21.3 Å². The molecule has 1 aromatic heterocycles. The van der Waals surface area contributed by atoms with Gasteiger partial charge >= 0.3 is 0 Å². The van der Waals surface area contributed by atoms with E-state index >= 15 is 0 Å². The number of rotatable bonds is 6. The number of furan rings is 1. The number of hydrogen-bond acceptors (Lipinski definition) is 4. The van der Waals surface area contributed by atoms with E-state index in [0.29, 0.717) is 16.3 Å². The number of benzene rings is 2. The van der Waals surface area contributed by atoms with E-state index in [1.165, 1.54) is 22.7 Å². The predicted molar refractivity (Wildman–Crippen MR) is 97.7 cm³/mol. The summed E-state index contributed by atoms with van der Waals surface area (Å²) in [6, 6.07) is 18.3. The van der Waals surface area contributed by atoms with Gasteiger partial charge in [0, 0.05) is 11.6 Å². The van der Waals surface area contributed by atoms with Gasteiger partial charge in [0.1, 0.15) is 5.76 Å². The van der Waals surface area contributed by atoms with Crippen molar-refractivity contribution in [1.82, 2.24) is 4.31 Å². The summed E-state index contributed by atoms with van der Waals surface area (Å²) in [5, 5.41) is 9.37. The third-order valence-electron chi connectivity index (χ3n) is 3.81. The van der Waals surface area contributed by atoms with Crippen LogP contribution in [0.1, 0.15) is 16.9 Å². The van der Waals surface area contributed by atoms with E-state index in [2.05, 4.69) is 0 Å². The van der Waals surface area contributed by atoms with Gasteiger partial charge in [-0.3, -0.25) is 0 Å². The minimum atomic E-state index is -3.76. The standard InChI is InChI=1S/C19H15ClN2O3S/c20-17-7-9-19(10-8-17)26(23,24)22(14-18-2-1-11-25-18)13-16-5-3-15(12-21)4-6-16/h1-11H,13-14H2. The van der Waals surface area contributed by atoms with E-state index in [9.17, 15) is 8.42 Å². The summed E-state index contributed by atoms with van der Waals surface area (Å²) >= 11 is 5.86. The lowest BCUT2D eigenvalue weighted by atomic mass is 10.1. The molecule has 132 valence electrons. The first-order valence-corrected chi connectivity index (χ1v) is 9.58. The zero-order valence-electron chi connectivity index (χ0n) is 13.7. The molecule has 0 saturated heterocycles. The minimum Gasteiger partial charge on any atom is -0.468 e. The van der Waals surface area contributed by atoms with Crippen LogP contribution >= 0.6 is 11.6 Å². The Labute approximate surface area is 157 Å². The summed E-state index contributed by atoms with van der Waals surface area (Å²) in [4.78, 5) is 0.155. The van der Waals surface area contributed by atoms with Gasteiger partial charge in [-0.25, -0.2) is 8.42 Å². The molecule has 0 bridgehead atoms. The summed E-state index contributed by atoms with van der Waals surface area (Å²) < 4.78 is 32.8. The van der Waals surface area contributed by atoms with Crippen LogP contribution in [0, 0.1) is 11.3 Å². The summed E-state index contributed by atoms with van der Waals surface area (Å²) in [7, 11) is -3.76. The van der Waals surface area contributed by atoms with E-state index in [1.54, 1.807) is 48.5 Å². The third-order valence-corrected chi connectivity index (χ3v) is 5.86. The molecular formula is C19H15ClN2O3S. The Balaban J connectivity index is 1.94. The van der Waals surface area contributed by atoms with Gasteiger partial charge in [-0.2, -0.15) is 9.57 Å². The van der Waals surface area contributed by atoms with Gasteiger partial charge < -0.3 is 4.42 Å². The maximum atomic E-state index is 13.1. The highest BCUT2D eigenvalue weighted by Crippen LogP contribution is 2.23. The van der Waals surface area contributed by atoms with Gasteiger partial charge in [-0.15, -0.1) is 0 Å². The zero-order chi connectivity index (χ0) is 18.6. The predicted octanol–water partition coefficient (Wildman–Crippen LogP) is 4.20. The Morgan fingerprint density at radius 3 is 2.27 bits per heavy atom. The number of halogens is 1. The maximum Gasteiger partial charge on any atom is 0.243 e. The van der Waals surface area contributed by atoms with E-state index < -0.39 is 10.0 Å². The number of nitriles is 1. The zero-order valence-corrected chi connectivity index (χ0v) is 15.2. The van der Waals surface area contributed by atoms with Gasteiger partial charge in [-0.05, 0) is 54.1 Å². The number of sulfonamides is 1. The van der Waals surface area contributed by atoms with Crippen molar-refractivity contribution in [2.45, 2.75) is 18.0 Å². The Morgan fingerprint density at radius 1 is 1.00 bits per heavy atom. The van der Waals surface area contributed by atoms with Crippen LogP contribution < -0.4 is 0 Å². The second kappa shape index (κ2) is 7.75. The molecule has 26 heavy (non-hydrogen) atoms. The summed E-state index contributed by atoms with van der Waals surface area (Å²) in [6.07, 6.45) is 1.50. The van der Waals surface area contributed by atoms with Gasteiger partial charge in [0.25, 0.3) is 0 Å². The molecule has 2 aromatic carbocycles. The summed E-state index contributed by atoms with van der Waals surface area (Å²) in [6.45, 7) is 0.245. The van der Waals surface area contributed by atoms with E-state index in [-0.39, 0.29) is 18.0 Å². The Morgan fingerprint density at radius 2 is 1.69 bits per heavy atom.